The molecule has 0 aliphatic rings. The highest BCUT2D eigenvalue weighted by Crippen LogP contribution is 2.21. The molecule has 0 aliphatic carbocycles. The Kier molecular flexibility index (Phi) is 5.32. The number of aromatic nitrogens is 1. The van der Waals surface area contributed by atoms with Gasteiger partial charge >= 0.3 is 0 Å². The van der Waals surface area contributed by atoms with Crippen LogP contribution in [0.25, 0.3) is 10.2 Å². The standard InChI is InChI=1S/C17H14FN3O3S/c18-12-6-2-1-5-11(12)17(23)21-20-15(22)9-24-10-16-19-13-7-3-4-8-14(13)25-16/h1-8H,9-10H2,(H,20,22)(H,21,23). The molecule has 0 atom stereocenters. The molecule has 0 bridgehead atoms. The van der Waals surface area contributed by atoms with Crippen LogP contribution in [0.3, 0.4) is 0 Å². The van der Waals surface area contributed by atoms with Crippen molar-refractivity contribution in [3.63, 3.8) is 0 Å². The zero-order valence-corrected chi connectivity index (χ0v) is 13.8. The van der Waals surface area contributed by atoms with Crippen LogP contribution < -0.4 is 10.9 Å². The number of rotatable bonds is 5. The average Bonchev–Trinajstić information content (AvgIpc) is 3.03. The Morgan fingerprint density at radius 1 is 1.08 bits per heavy atom. The van der Waals surface area contributed by atoms with E-state index in [0.717, 1.165) is 21.3 Å². The third-order valence-electron chi connectivity index (χ3n) is 3.23. The van der Waals surface area contributed by atoms with Gasteiger partial charge in [-0.1, -0.05) is 24.3 Å². The maximum atomic E-state index is 13.4. The lowest BCUT2D eigenvalue weighted by Gasteiger charge is -2.08. The molecule has 6 nitrogen and oxygen atoms in total. The summed E-state index contributed by atoms with van der Waals surface area (Å²) >= 11 is 1.49. The quantitative estimate of drug-likeness (QED) is 0.686. The van der Waals surface area contributed by atoms with Crippen LogP contribution in [0.15, 0.2) is 48.5 Å². The topological polar surface area (TPSA) is 80.3 Å². The van der Waals surface area contributed by atoms with Crippen LogP contribution in [0.4, 0.5) is 4.39 Å². The lowest BCUT2D eigenvalue weighted by molar-refractivity contribution is -0.126. The summed E-state index contributed by atoms with van der Waals surface area (Å²) in [5, 5.41) is 0.754. The average molecular weight is 359 g/mol. The Labute approximate surface area is 146 Å². The molecule has 2 N–H and O–H groups in total. The van der Waals surface area contributed by atoms with Gasteiger partial charge in [-0.3, -0.25) is 20.4 Å². The van der Waals surface area contributed by atoms with Gasteiger partial charge in [0.15, 0.2) is 0 Å². The molecular weight excluding hydrogens is 345 g/mol. The van der Waals surface area contributed by atoms with Gasteiger partial charge < -0.3 is 4.74 Å². The highest BCUT2D eigenvalue weighted by atomic mass is 32.1. The number of hydrogen-bond donors (Lipinski definition) is 2. The number of amides is 2. The molecule has 3 aromatic rings. The number of hydrazine groups is 1. The van der Waals surface area contributed by atoms with Crippen molar-refractivity contribution in [3.8, 4) is 0 Å². The molecule has 8 heteroatoms. The number of hydrogen-bond acceptors (Lipinski definition) is 5. The zero-order chi connectivity index (χ0) is 17.6. The summed E-state index contributed by atoms with van der Waals surface area (Å²) in [5.74, 6) is -1.95. The monoisotopic (exact) mass is 359 g/mol. The molecule has 0 unspecified atom stereocenters. The van der Waals surface area contributed by atoms with Crippen LogP contribution >= 0.6 is 11.3 Å². The van der Waals surface area contributed by atoms with Gasteiger partial charge in [-0.25, -0.2) is 9.37 Å². The maximum absolute atomic E-state index is 13.4. The Morgan fingerprint density at radius 3 is 2.64 bits per heavy atom. The van der Waals surface area contributed by atoms with Gasteiger partial charge in [-0.15, -0.1) is 11.3 Å². The van der Waals surface area contributed by atoms with E-state index in [2.05, 4.69) is 15.8 Å². The van der Waals surface area contributed by atoms with Gasteiger partial charge in [0.25, 0.3) is 11.8 Å². The van der Waals surface area contributed by atoms with E-state index in [1.807, 2.05) is 24.3 Å². The lowest BCUT2D eigenvalue weighted by atomic mass is 10.2. The molecule has 3 rings (SSSR count). The number of fused-ring (bicyclic) bond motifs is 1. The Morgan fingerprint density at radius 2 is 1.84 bits per heavy atom. The predicted octanol–water partition coefficient (Wildman–Crippen LogP) is 2.41. The largest absolute Gasteiger partial charge is 0.364 e. The van der Waals surface area contributed by atoms with E-state index in [0.29, 0.717) is 0 Å². The molecule has 0 saturated heterocycles. The molecule has 1 aromatic heterocycles. The van der Waals surface area contributed by atoms with Crippen LogP contribution in [0.2, 0.25) is 0 Å². The molecule has 0 fully saturated rings. The van der Waals surface area contributed by atoms with Crippen molar-refractivity contribution in [2.45, 2.75) is 6.61 Å². The van der Waals surface area contributed by atoms with Crippen LogP contribution in [-0.2, 0) is 16.1 Å². The molecular formula is C17H14FN3O3S. The van der Waals surface area contributed by atoms with E-state index < -0.39 is 17.6 Å². The third-order valence-corrected chi connectivity index (χ3v) is 4.24. The lowest BCUT2D eigenvalue weighted by Crippen LogP contribution is -2.43. The zero-order valence-electron chi connectivity index (χ0n) is 13.0. The minimum Gasteiger partial charge on any atom is -0.364 e. The van der Waals surface area contributed by atoms with Crippen molar-refractivity contribution in [3.05, 3.63) is 64.9 Å². The summed E-state index contributed by atoms with van der Waals surface area (Å²) in [4.78, 5) is 27.8. The molecule has 2 aromatic carbocycles. The van der Waals surface area contributed by atoms with E-state index in [4.69, 9.17) is 4.74 Å². The predicted molar refractivity (Wildman–Crippen MR) is 91.3 cm³/mol. The van der Waals surface area contributed by atoms with Crippen molar-refractivity contribution < 1.29 is 18.7 Å². The van der Waals surface area contributed by atoms with Crippen LogP contribution in [0.5, 0.6) is 0 Å². The van der Waals surface area contributed by atoms with E-state index >= 15 is 0 Å². The van der Waals surface area contributed by atoms with Gasteiger partial charge in [0.1, 0.15) is 17.4 Å². The molecule has 0 radical (unpaired) electrons. The number of halogens is 1. The molecule has 1 heterocycles. The highest BCUT2D eigenvalue weighted by molar-refractivity contribution is 7.18. The summed E-state index contributed by atoms with van der Waals surface area (Å²) in [6.45, 7) is -0.0680. The molecule has 0 aliphatic heterocycles. The summed E-state index contributed by atoms with van der Waals surface area (Å²) in [6.07, 6.45) is 0. The summed E-state index contributed by atoms with van der Waals surface area (Å²) < 4.78 is 19.8. The fourth-order valence-electron chi connectivity index (χ4n) is 2.09. The van der Waals surface area contributed by atoms with Crippen molar-refractivity contribution in [1.29, 1.82) is 0 Å². The second kappa shape index (κ2) is 7.82. The second-order valence-corrected chi connectivity index (χ2v) is 6.17. The molecule has 0 saturated carbocycles. The van der Waals surface area contributed by atoms with Crippen LogP contribution in [0.1, 0.15) is 15.4 Å². The van der Waals surface area contributed by atoms with E-state index in [-0.39, 0.29) is 18.8 Å². The highest BCUT2D eigenvalue weighted by Gasteiger charge is 2.12. The molecule has 128 valence electrons. The minimum absolute atomic E-state index is 0.154. The first-order valence-electron chi connectivity index (χ1n) is 7.39. The molecule has 0 spiro atoms. The fourth-order valence-corrected chi connectivity index (χ4v) is 2.99. The first-order valence-corrected chi connectivity index (χ1v) is 8.21. The number of carbonyl (C=O) groups is 2. The number of benzene rings is 2. The Bertz CT molecular complexity index is 880. The number of thiazole rings is 1. The van der Waals surface area contributed by atoms with E-state index in [9.17, 15) is 14.0 Å². The van der Waals surface area contributed by atoms with Gasteiger partial charge in [0.2, 0.25) is 0 Å². The maximum Gasteiger partial charge on any atom is 0.272 e. The minimum atomic E-state index is -0.738. The van der Waals surface area contributed by atoms with Crippen LogP contribution in [-0.4, -0.2) is 23.4 Å². The number of nitrogens with zero attached hydrogens (tertiary/aromatic N) is 1. The first-order chi connectivity index (χ1) is 12.1. The van der Waals surface area contributed by atoms with Crippen LogP contribution in [0, 0.1) is 5.82 Å². The molecule has 25 heavy (non-hydrogen) atoms. The van der Waals surface area contributed by atoms with E-state index in [1.54, 1.807) is 0 Å². The summed E-state index contributed by atoms with van der Waals surface area (Å²) in [7, 11) is 0. The van der Waals surface area contributed by atoms with Crippen molar-refractivity contribution in [2.24, 2.45) is 0 Å². The Balaban J connectivity index is 1.43. The number of nitrogens with one attached hydrogen (secondary N) is 2. The fraction of sp³-hybridized carbons (Fsp3) is 0.118. The Hall–Kier alpha value is -2.84. The van der Waals surface area contributed by atoms with Gasteiger partial charge in [0.05, 0.1) is 22.4 Å². The first kappa shape index (κ1) is 17.0. The number of carbonyl (C=O) groups excluding carboxylic acids is 2. The molecule has 2 amide bonds. The summed E-state index contributed by atoms with van der Waals surface area (Å²) in [6, 6.07) is 13.2. The summed E-state index contributed by atoms with van der Waals surface area (Å²) in [5.41, 5.74) is 5.04. The van der Waals surface area contributed by atoms with Crippen molar-refractivity contribution in [2.75, 3.05) is 6.61 Å². The van der Waals surface area contributed by atoms with Crippen molar-refractivity contribution in [1.82, 2.24) is 15.8 Å². The van der Waals surface area contributed by atoms with Gasteiger partial charge in [-0.2, -0.15) is 0 Å². The number of ether oxygens (including phenoxy) is 1. The van der Waals surface area contributed by atoms with Crippen molar-refractivity contribution >= 4 is 33.4 Å². The van der Waals surface area contributed by atoms with Gasteiger partial charge in [0, 0.05) is 0 Å². The van der Waals surface area contributed by atoms with Gasteiger partial charge in [-0.05, 0) is 24.3 Å². The second-order valence-electron chi connectivity index (χ2n) is 5.05. The number of para-hydroxylation sites is 1. The normalized spacial score (nSPS) is 10.6. The van der Waals surface area contributed by atoms with E-state index in [1.165, 1.54) is 29.5 Å². The smallest absolute Gasteiger partial charge is 0.272 e. The third kappa shape index (κ3) is 4.37. The SMILES string of the molecule is O=C(COCc1nc2ccccc2s1)NNC(=O)c1ccccc1F.